The fraction of sp³-hybridized carbons (Fsp3) is 0.138. The molecule has 1 aliphatic carbocycles. The molecule has 1 saturated carbocycles. The molecule has 5 heterocycles. The van der Waals surface area contributed by atoms with Crippen molar-refractivity contribution in [2.75, 3.05) is 5.32 Å². The number of rotatable bonds is 5. The van der Waals surface area contributed by atoms with E-state index in [1.165, 1.54) is 0 Å². The third-order valence-electron chi connectivity index (χ3n) is 7.12. The average molecular weight is 486 g/mol. The van der Waals surface area contributed by atoms with Crippen LogP contribution in [0, 0.1) is 5.92 Å². The Morgan fingerprint density at radius 1 is 0.892 bits per heavy atom. The fourth-order valence-corrected chi connectivity index (χ4v) is 4.88. The number of anilines is 1. The molecule has 5 aromatic heterocycles. The summed E-state index contributed by atoms with van der Waals surface area (Å²) < 4.78 is 0. The van der Waals surface area contributed by atoms with Crippen LogP contribution in [0.3, 0.4) is 0 Å². The first-order chi connectivity index (χ1) is 18.2. The lowest BCUT2D eigenvalue weighted by atomic mass is 9.85. The van der Waals surface area contributed by atoms with Crippen molar-refractivity contribution in [3.63, 3.8) is 0 Å². The number of pyridine rings is 3. The molecule has 1 aromatic carbocycles. The van der Waals surface area contributed by atoms with Gasteiger partial charge in [-0.25, -0.2) is 0 Å². The van der Waals surface area contributed by atoms with Gasteiger partial charge in [0.05, 0.1) is 40.5 Å². The normalized spacial score (nSPS) is 13.6. The Morgan fingerprint density at radius 3 is 2.65 bits per heavy atom. The second-order valence-corrected chi connectivity index (χ2v) is 9.46. The zero-order valence-electron chi connectivity index (χ0n) is 19.9. The molecular weight excluding hydrogens is 462 g/mol. The molecule has 37 heavy (non-hydrogen) atoms. The molecule has 0 bridgehead atoms. The molecule has 0 atom stereocenters. The molecule has 6 aromatic rings. The van der Waals surface area contributed by atoms with Gasteiger partial charge in [-0.2, -0.15) is 5.10 Å². The highest BCUT2D eigenvalue weighted by Crippen LogP contribution is 2.35. The summed E-state index contributed by atoms with van der Waals surface area (Å²) in [6.07, 6.45) is 12.0. The quantitative estimate of drug-likeness (QED) is 0.279. The summed E-state index contributed by atoms with van der Waals surface area (Å²) in [4.78, 5) is 29.2. The van der Waals surface area contributed by atoms with Crippen LogP contribution in [0.25, 0.3) is 55.6 Å². The lowest BCUT2D eigenvalue weighted by molar-refractivity contribution is -0.122. The SMILES string of the molecule is O=C(Nc1cncc(-c2ccc3[nH]nc(-c4cc5c(-c6ccccn6)cncc5[nH]4)c3c2)c1)C1CCC1. The second-order valence-electron chi connectivity index (χ2n) is 9.46. The van der Waals surface area contributed by atoms with Crippen molar-refractivity contribution in [1.29, 1.82) is 0 Å². The summed E-state index contributed by atoms with van der Waals surface area (Å²) in [6, 6.07) is 16.1. The van der Waals surface area contributed by atoms with Crippen LogP contribution in [0.15, 0.2) is 79.5 Å². The Labute approximate surface area is 212 Å². The van der Waals surface area contributed by atoms with Gasteiger partial charge in [-0.15, -0.1) is 0 Å². The summed E-state index contributed by atoms with van der Waals surface area (Å²) in [5.74, 6) is 0.203. The second kappa shape index (κ2) is 8.67. The zero-order chi connectivity index (χ0) is 24.8. The minimum absolute atomic E-state index is 0.0798. The van der Waals surface area contributed by atoms with E-state index in [-0.39, 0.29) is 11.8 Å². The number of fused-ring (bicyclic) bond motifs is 2. The van der Waals surface area contributed by atoms with Gasteiger partial charge in [0.2, 0.25) is 5.91 Å². The van der Waals surface area contributed by atoms with Crippen LogP contribution in [0.2, 0.25) is 0 Å². The van der Waals surface area contributed by atoms with Crippen molar-refractivity contribution in [1.82, 2.24) is 30.1 Å². The Morgan fingerprint density at radius 2 is 1.81 bits per heavy atom. The van der Waals surface area contributed by atoms with Crippen LogP contribution in [0.4, 0.5) is 5.69 Å². The number of carbonyl (C=O) groups is 1. The Balaban J connectivity index is 1.26. The molecular formula is C29H23N7O. The number of nitrogens with one attached hydrogen (secondary N) is 3. The Hall–Kier alpha value is -4.85. The van der Waals surface area contributed by atoms with Crippen LogP contribution >= 0.6 is 0 Å². The van der Waals surface area contributed by atoms with Crippen LogP contribution in [-0.2, 0) is 4.79 Å². The average Bonchev–Trinajstić information content (AvgIpc) is 3.52. The zero-order valence-corrected chi connectivity index (χ0v) is 19.9. The van der Waals surface area contributed by atoms with E-state index in [0.717, 1.165) is 74.8 Å². The molecule has 3 N–H and O–H groups in total. The molecule has 1 fully saturated rings. The first kappa shape index (κ1) is 21.4. The predicted octanol–water partition coefficient (Wildman–Crippen LogP) is 5.97. The maximum atomic E-state index is 12.4. The summed E-state index contributed by atoms with van der Waals surface area (Å²) in [5, 5.41) is 12.8. The highest BCUT2D eigenvalue weighted by atomic mass is 16.1. The number of carbonyl (C=O) groups excluding carboxylic acids is 1. The number of benzene rings is 1. The summed E-state index contributed by atoms with van der Waals surface area (Å²) in [7, 11) is 0. The summed E-state index contributed by atoms with van der Waals surface area (Å²) >= 11 is 0. The standard InChI is InChI=1S/C29H23N7O/c37-29(17-4-3-5-17)33-20-10-19(13-30-14-20)18-7-8-25-22(11-18)28(36-35-25)26-12-21-23(15-31-16-27(21)34-26)24-6-1-2-9-32-24/h1-2,6-17,34H,3-5H2,(H,33,37)(H,35,36). The van der Waals surface area contributed by atoms with Gasteiger partial charge < -0.3 is 10.3 Å². The molecule has 0 spiro atoms. The Bertz CT molecular complexity index is 1770. The largest absolute Gasteiger partial charge is 0.352 e. The maximum absolute atomic E-state index is 12.4. The molecule has 1 aliphatic rings. The van der Waals surface area contributed by atoms with Gasteiger partial charge in [-0.3, -0.25) is 24.8 Å². The van der Waals surface area contributed by atoms with Crippen LogP contribution < -0.4 is 5.32 Å². The maximum Gasteiger partial charge on any atom is 0.227 e. The minimum Gasteiger partial charge on any atom is -0.352 e. The lowest BCUT2D eigenvalue weighted by Gasteiger charge is -2.24. The van der Waals surface area contributed by atoms with Gasteiger partial charge in [0.15, 0.2) is 0 Å². The number of hydrogen-bond acceptors (Lipinski definition) is 5. The summed E-state index contributed by atoms with van der Waals surface area (Å²) in [5.41, 5.74) is 8.04. The van der Waals surface area contributed by atoms with Crippen LogP contribution in [-0.4, -0.2) is 36.0 Å². The lowest BCUT2D eigenvalue weighted by Crippen LogP contribution is -2.28. The van der Waals surface area contributed by atoms with Crippen LogP contribution in [0.5, 0.6) is 0 Å². The van der Waals surface area contributed by atoms with Gasteiger partial charge in [-0.1, -0.05) is 18.6 Å². The molecule has 180 valence electrons. The third kappa shape index (κ3) is 3.83. The van der Waals surface area contributed by atoms with E-state index in [9.17, 15) is 4.79 Å². The summed E-state index contributed by atoms with van der Waals surface area (Å²) in [6.45, 7) is 0. The first-order valence-electron chi connectivity index (χ1n) is 12.4. The van der Waals surface area contributed by atoms with Crippen molar-refractivity contribution in [2.24, 2.45) is 5.92 Å². The number of amides is 1. The fourth-order valence-electron chi connectivity index (χ4n) is 4.88. The van der Waals surface area contributed by atoms with E-state index in [2.05, 4.69) is 47.6 Å². The number of nitrogens with zero attached hydrogens (tertiary/aromatic N) is 4. The minimum atomic E-state index is 0.0798. The van der Waals surface area contributed by atoms with Crippen molar-refractivity contribution in [2.45, 2.75) is 19.3 Å². The molecule has 7 rings (SSSR count). The van der Waals surface area contributed by atoms with Crippen molar-refractivity contribution >= 4 is 33.4 Å². The van der Waals surface area contributed by atoms with Gasteiger partial charge >= 0.3 is 0 Å². The van der Waals surface area contributed by atoms with E-state index >= 15 is 0 Å². The highest BCUT2D eigenvalue weighted by Gasteiger charge is 2.25. The number of aromatic nitrogens is 6. The molecule has 8 nitrogen and oxygen atoms in total. The molecule has 0 radical (unpaired) electrons. The Kier molecular flexibility index (Phi) is 5.02. The van der Waals surface area contributed by atoms with Crippen molar-refractivity contribution in [3.05, 3.63) is 79.5 Å². The van der Waals surface area contributed by atoms with Gasteiger partial charge in [0.25, 0.3) is 0 Å². The third-order valence-corrected chi connectivity index (χ3v) is 7.12. The molecule has 8 heteroatoms. The highest BCUT2D eigenvalue weighted by molar-refractivity contribution is 6.01. The smallest absolute Gasteiger partial charge is 0.227 e. The van der Waals surface area contributed by atoms with E-state index in [4.69, 9.17) is 0 Å². The van der Waals surface area contributed by atoms with Gasteiger partial charge in [-0.05, 0) is 54.8 Å². The van der Waals surface area contributed by atoms with Gasteiger partial charge in [0, 0.05) is 46.4 Å². The number of hydrogen-bond donors (Lipinski definition) is 3. The molecule has 0 unspecified atom stereocenters. The molecule has 0 aliphatic heterocycles. The van der Waals surface area contributed by atoms with Crippen LogP contribution in [0.1, 0.15) is 19.3 Å². The predicted molar refractivity (Wildman–Crippen MR) is 144 cm³/mol. The molecule has 1 amide bonds. The monoisotopic (exact) mass is 485 g/mol. The molecule has 0 saturated heterocycles. The number of aromatic amines is 2. The van der Waals surface area contributed by atoms with Gasteiger partial charge in [0.1, 0.15) is 5.69 Å². The topological polar surface area (TPSA) is 112 Å². The first-order valence-corrected chi connectivity index (χ1v) is 12.4. The van der Waals surface area contributed by atoms with E-state index in [0.29, 0.717) is 5.69 Å². The number of H-pyrrole nitrogens is 2. The van der Waals surface area contributed by atoms with E-state index in [1.807, 2.05) is 55.0 Å². The van der Waals surface area contributed by atoms with E-state index < -0.39 is 0 Å². The van der Waals surface area contributed by atoms with Crippen molar-refractivity contribution < 1.29 is 4.79 Å². The van der Waals surface area contributed by atoms with Crippen molar-refractivity contribution in [3.8, 4) is 33.8 Å². The van der Waals surface area contributed by atoms with E-state index in [1.54, 1.807) is 12.4 Å².